The van der Waals surface area contributed by atoms with E-state index in [1.807, 2.05) is 37.3 Å². The zero-order chi connectivity index (χ0) is 18.5. The largest absolute Gasteiger partial charge is 0.451 e. The molecule has 132 valence electrons. The first kappa shape index (κ1) is 18.0. The number of aryl methyl sites for hydroxylation is 1. The smallest absolute Gasteiger partial charge is 0.349 e. The van der Waals surface area contributed by atoms with E-state index >= 15 is 0 Å². The second kappa shape index (κ2) is 8.07. The van der Waals surface area contributed by atoms with Crippen LogP contribution < -0.4 is 5.32 Å². The molecule has 26 heavy (non-hydrogen) atoms. The fourth-order valence-electron chi connectivity index (χ4n) is 2.26. The average Bonchev–Trinajstić information content (AvgIpc) is 3.32. The predicted octanol–water partition coefficient (Wildman–Crippen LogP) is 3.90. The van der Waals surface area contributed by atoms with Crippen LogP contribution in [0.2, 0.25) is 0 Å². The van der Waals surface area contributed by atoms with E-state index in [2.05, 4.69) is 5.32 Å². The van der Waals surface area contributed by atoms with E-state index in [1.165, 1.54) is 22.7 Å². The minimum atomic E-state index is -0.662. The summed E-state index contributed by atoms with van der Waals surface area (Å²) in [5.41, 5.74) is 2.79. The van der Waals surface area contributed by atoms with Gasteiger partial charge in [-0.1, -0.05) is 35.9 Å². The molecule has 0 aliphatic carbocycles. The van der Waals surface area contributed by atoms with Crippen molar-refractivity contribution in [2.24, 2.45) is 0 Å². The van der Waals surface area contributed by atoms with Gasteiger partial charge in [-0.3, -0.25) is 14.9 Å². The minimum absolute atomic E-state index is 0.421. The van der Waals surface area contributed by atoms with E-state index in [-0.39, 0.29) is 0 Å². The fraction of sp³-hybridized carbons (Fsp3) is 0.105. The molecule has 7 heteroatoms. The summed E-state index contributed by atoms with van der Waals surface area (Å²) in [5, 5.41) is 5.73. The molecule has 0 aliphatic heterocycles. The lowest BCUT2D eigenvalue weighted by molar-refractivity contribution is -0.123. The second-order valence-corrected chi connectivity index (χ2v) is 7.32. The van der Waals surface area contributed by atoms with E-state index in [9.17, 15) is 14.4 Å². The average molecular weight is 385 g/mol. The van der Waals surface area contributed by atoms with Gasteiger partial charge in [-0.2, -0.15) is 0 Å². The maximum absolute atomic E-state index is 12.3. The normalized spacial score (nSPS) is 10.3. The monoisotopic (exact) mass is 385 g/mol. The first-order valence-corrected chi connectivity index (χ1v) is 9.50. The lowest BCUT2D eigenvalue weighted by Crippen LogP contribution is -2.33. The van der Waals surface area contributed by atoms with Crippen LogP contribution in [0.15, 0.2) is 53.2 Å². The topological polar surface area (TPSA) is 72.5 Å². The third kappa shape index (κ3) is 4.25. The van der Waals surface area contributed by atoms with E-state index in [4.69, 9.17) is 4.74 Å². The Balaban J connectivity index is 1.60. The van der Waals surface area contributed by atoms with Gasteiger partial charge in [0.15, 0.2) is 6.61 Å². The summed E-state index contributed by atoms with van der Waals surface area (Å²) < 4.78 is 5.06. The molecule has 0 radical (unpaired) electrons. The molecule has 0 unspecified atom stereocenters. The summed E-state index contributed by atoms with van der Waals surface area (Å²) in [6.07, 6.45) is 0. The van der Waals surface area contributed by atoms with Crippen molar-refractivity contribution in [1.82, 2.24) is 5.32 Å². The quantitative estimate of drug-likeness (QED) is 0.676. The van der Waals surface area contributed by atoms with Crippen LogP contribution in [0.5, 0.6) is 0 Å². The Morgan fingerprint density at radius 2 is 1.77 bits per heavy atom. The van der Waals surface area contributed by atoms with Gasteiger partial charge in [0.2, 0.25) is 0 Å². The van der Waals surface area contributed by atoms with Gasteiger partial charge < -0.3 is 4.74 Å². The highest BCUT2D eigenvalue weighted by Crippen LogP contribution is 2.29. The Bertz CT molecular complexity index is 927. The molecule has 0 atom stereocenters. The number of nitrogens with one attached hydrogen (secondary N) is 1. The zero-order valence-electron chi connectivity index (χ0n) is 13.9. The number of hydrogen-bond donors (Lipinski definition) is 1. The molecule has 2 aromatic heterocycles. The number of imide groups is 1. The molecule has 0 bridgehead atoms. The molecule has 1 N–H and O–H groups in total. The number of esters is 1. The van der Waals surface area contributed by atoms with Crippen molar-refractivity contribution >= 4 is 40.5 Å². The first-order valence-electron chi connectivity index (χ1n) is 7.74. The van der Waals surface area contributed by atoms with Gasteiger partial charge in [-0.25, -0.2) is 4.79 Å². The third-order valence-corrected chi connectivity index (χ3v) is 5.31. The Morgan fingerprint density at radius 3 is 2.46 bits per heavy atom. The number of carbonyl (C=O) groups is 3. The highest BCUT2D eigenvalue weighted by Gasteiger charge is 2.18. The number of amides is 2. The van der Waals surface area contributed by atoms with Crippen LogP contribution in [0.3, 0.4) is 0 Å². The van der Waals surface area contributed by atoms with E-state index in [1.54, 1.807) is 22.9 Å². The molecular formula is C19H15NO4S2. The van der Waals surface area contributed by atoms with Gasteiger partial charge in [0, 0.05) is 5.56 Å². The van der Waals surface area contributed by atoms with Gasteiger partial charge in [-0.15, -0.1) is 22.7 Å². The number of benzene rings is 1. The maximum Gasteiger partial charge on any atom is 0.349 e. The molecule has 2 amide bonds. The van der Waals surface area contributed by atoms with Gasteiger partial charge in [0.05, 0.1) is 4.88 Å². The van der Waals surface area contributed by atoms with Crippen LogP contribution in [0.1, 0.15) is 24.9 Å². The van der Waals surface area contributed by atoms with Crippen LogP contribution >= 0.6 is 22.7 Å². The van der Waals surface area contributed by atoms with Gasteiger partial charge in [0.1, 0.15) is 4.88 Å². The van der Waals surface area contributed by atoms with Crippen molar-refractivity contribution in [3.8, 4) is 11.1 Å². The van der Waals surface area contributed by atoms with Crippen LogP contribution in [0, 0.1) is 6.92 Å². The number of thiophene rings is 2. The number of carbonyl (C=O) groups excluding carboxylic acids is 3. The summed E-state index contributed by atoms with van der Waals surface area (Å²) in [4.78, 5) is 36.8. The zero-order valence-corrected chi connectivity index (χ0v) is 15.5. The molecule has 0 fully saturated rings. The number of ether oxygens (including phenoxy) is 1. The predicted molar refractivity (Wildman–Crippen MR) is 102 cm³/mol. The van der Waals surface area contributed by atoms with E-state index in [0.29, 0.717) is 9.75 Å². The van der Waals surface area contributed by atoms with Gasteiger partial charge >= 0.3 is 5.97 Å². The molecule has 0 saturated heterocycles. The van der Waals surface area contributed by atoms with Crippen LogP contribution in [-0.4, -0.2) is 24.4 Å². The molecule has 3 rings (SSSR count). The van der Waals surface area contributed by atoms with Crippen molar-refractivity contribution in [3.63, 3.8) is 0 Å². The molecule has 1 aromatic carbocycles. The first-order chi connectivity index (χ1) is 12.5. The third-order valence-electron chi connectivity index (χ3n) is 3.55. The maximum atomic E-state index is 12.3. The molecule has 0 saturated carbocycles. The van der Waals surface area contributed by atoms with Crippen LogP contribution in [-0.2, 0) is 9.53 Å². The standard InChI is InChI=1S/C19H15NO4S2/c1-12-4-6-13(7-5-12)14-8-10-26-17(14)19(23)24-11-16(21)20-18(22)15-3-2-9-25-15/h2-10H,11H2,1H3,(H,20,21,22). The summed E-state index contributed by atoms with van der Waals surface area (Å²) in [6.45, 7) is 1.48. The molecule has 3 aromatic rings. The summed E-state index contributed by atoms with van der Waals surface area (Å²) in [7, 11) is 0. The van der Waals surface area contributed by atoms with Crippen molar-refractivity contribution in [2.45, 2.75) is 6.92 Å². The highest BCUT2D eigenvalue weighted by molar-refractivity contribution is 7.12. The molecule has 0 aliphatic rings. The van der Waals surface area contributed by atoms with E-state index in [0.717, 1.165) is 16.7 Å². The Kier molecular flexibility index (Phi) is 5.60. The Hall–Kier alpha value is -2.77. The van der Waals surface area contributed by atoms with Crippen molar-refractivity contribution in [3.05, 3.63) is 68.5 Å². The summed E-state index contributed by atoms with van der Waals surface area (Å²) in [5.74, 6) is -1.75. The van der Waals surface area contributed by atoms with Crippen LogP contribution in [0.4, 0.5) is 0 Å². The van der Waals surface area contributed by atoms with Gasteiger partial charge in [-0.05, 0) is 35.4 Å². The highest BCUT2D eigenvalue weighted by atomic mass is 32.1. The lowest BCUT2D eigenvalue weighted by atomic mass is 10.1. The molecule has 5 nitrogen and oxygen atoms in total. The Labute approximate surface area is 158 Å². The fourth-order valence-corrected chi connectivity index (χ4v) is 3.68. The number of rotatable bonds is 5. The van der Waals surface area contributed by atoms with Crippen molar-refractivity contribution in [2.75, 3.05) is 6.61 Å². The summed E-state index contributed by atoms with van der Waals surface area (Å²) in [6, 6.07) is 13.0. The lowest BCUT2D eigenvalue weighted by Gasteiger charge is -2.06. The molecular weight excluding hydrogens is 370 g/mol. The van der Waals surface area contributed by atoms with Gasteiger partial charge in [0.25, 0.3) is 11.8 Å². The van der Waals surface area contributed by atoms with Crippen molar-refractivity contribution < 1.29 is 19.1 Å². The second-order valence-electron chi connectivity index (χ2n) is 5.46. The number of hydrogen-bond acceptors (Lipinski definition) is 6. The van der Waals surface area contributed by atoms with Crippen LogP contribution in [0.25, 0.3) is 11.1 Å². The SMILES string of the molecule is Cc1ccc(-c2ccsc2C(=O)OCC(=O)NC(=O)c2cccs2)cc1. The molecule has 0 spiro atoms. The van der Waals surface area contributed by atoms with E-state index < -0.39 is 24.4 Å². The minimum Gasteiger partial charge on any atom is -0.451 e. The van der Waals surface area contributed by atoms with Crippen molar-refractivity contribution in [1.29, 1.82) is 0 Å². The molecule has 2 heterocycles. The Morgan fingerprint density at radius 1 is 1.00 bits per heavy atom. The summed E-state index contributed by atoms with van der Waals surface area (Å²) >= 11 is 2.47.